The predicted octanol–water partition coefficient (Wildman–Crippen LogP) is 4.80. The highest BCUT2D eigenvalue weighted by molar-refractivity contribution is 7.89. The third-order valence-corrected chi connectivity index (χ3v) is 6.99. The lowest BCUT2D eigenvalue weighted by Crippen LogP contribution is -2.35. The zero-order chi connectivity index (χ0) is 20.2. The van der Waals surface area contributed by atoms with Gasteiger partial charge in [0.15, 0.2) is 0 Å². The Balaban J connectivity index is 1.94. The molecule has 0 aromatic heterocycles. The van der Waals surface area contributed by atoms with Gasteiger partial charge in [0.05, 0.1) is 4.90 Å². The Morgan fingerprint density at radius 1 is 0.857 bits per heavy atom. The minimum Gasteiger partial charge on any atom is -0.356 e. The van der Waals surface area contributed by atoms with Crippen LogP contribution in [0.3, 0.4) is 0 Å². The molecule has 0 spiro atoms. The number of sulfonamides is 1. The summed E-state index contributed by atoms with van der Waals surface area (Å²) >= 11 is 5.86. The largest absolute Gasteiger partial charge is 0.356 e. The number of carbonyl (C=O) groups is 1. The minimum absolute atomic E-state index is 0.102. The maximum atomic E-state index is 12.7. The number of nitrogens with one attached hydrogen (secondary N) is 2. The Kier molecular flexibility index (Phi) is 10.3. The van der Waals surface area contributed by atoms with E-state index >= 15 is 0 Å². The van der Waals surface area contributed by atoms with Crippen LogP contribution in [-0.2, 0) is 14.8 Å². The summed E-state index contributed by atoms with van der Waals surface area (Å²) < 4.78 is 28.3. The molecule has 1 heterocycles. The van der Waals surface area contributed by atoms with E-state index in [2.05, 4.69) is 10.0 Å². The Bertz CT molecular complexity index is 692. The zero-order valence-corrected chi connectivity index (χ0v) is 18.2. The molecule has 158 valence electrons. The molecule has 1 atom stereocenters. The molecule has 28 heavy (non-hydrogen) atoms. The van der Waals surface area contributed by atoms with E-state index in [9.17, 15) is 13.2 Å². The number of carbonyl (C=O) groups excluding carboxylic acids is 1. The topological polar surface area (TPSA) is 75.3 Å². The molecule has 1 fully saturated rings. The first-order valence-electron chi connectivity index (χ1n) is 10.5. The van der Waals surface area contributed by atoms with Crippen molar-refractivity contribution in [1.29, 1.82) is 0 Å². The van der Waals surface area contributed by atoms with Crippen molar-refractivity contribution in [1.82, 2.24) is 10.0 Å². The van der Waals surface area contributed by atoms with Gasteiger partial charge in [-0.1, -0.05) is 56.5 Å². The molecule has 2 rings (SSSR count). The Hall–Kier alpha value is -1.11. The van der Waals surface area contributed by atoms with Gasteiger partial charge in [-0.3, -0.25) is 4.79 Å². The van der Waals surface area contributed by atoms with Gasteiger partial charge in [0.25, 0.3) is 0 Å². The molecule has 5 nitrogen and oxygen atoms in total. The Morgan fingerprint density at radius 3 is 2.11 bits per heavy atom. The summed E-state index contributed by atoms with van der Waals surface area (Å²) in [6, 6.07) is 6.11. The highest BCUT2D eigenvalue weighted by Crippen LogP contribution is 2.18. The first-order valence-corrected chi connectivity index (χ1v) is 12.4. The van der Waals surface area contributed by atoms with Gasteiger partial charge < -0.3 is 5.32 Å². The van der Waals surface area contributed by atoms with Crippen LogP contribution >= 0.6 is 11.6 Å². The first kappa shape index (κ1) is 23.2. The standard InChI is InChI=1S/C21H33ClN2O3S/c22-18-13-15-20(16-14-18)28(26,27)24-19-10-7-5-3-1-2-4-6-8-12-21(25)23-17-9-11-19/h13-16,19,24H,1-12,17H2,(H,23,25). The van der Waals surface area contributed by atoms with Crippen LogP contribution in [0.5, 0.6) is 0 Å². The average molecular weight is 429 g/mol. The molecule has 7 heteroatoms. The van der Waals surface area contributed by atoms with Crippen LogP contribution in [0.2, 0.25) is 5.02 Å². The summed E-state index contributed by atoms with van der Waals surface area (Å²) in [5, 5.41) is 3.47. The maximum absolute atomic E-state index is 12.7. The number of halogens is 1. The number of benzene rings is 1. The van der Waals surface area contributed by atoms with E-state index in [-0.39, 0.29) is 16.8 Å². The lowest BCUT2D eigenvalue weighted by Gasteiger charge is -2.19. The number of hydrogen-bond acceptors (Lipinski definition) is 3. The molecule has 1 aliphatic heterocycles. The van der Waals surface area contributed by atoms with Crippen LogP contribution in [0.25, 0.3) is 0 Å². The average Bonchev–Trinajstić information content (AvgIpc) is 2.65. The normalized spacial score (nSPS) is 21.8. The van der Waals surface area contributed by atoms with E-state index in [0.717, 1.165) is 38.5 Å². The Labute approximate surface area is 174 Å². The van der Waals surface area contributed by atoms with E-state index in [1.807, 2.05) is 0 Å². The van der Waals surface area contributed by atoms with Crippen molar-refractivity contribution < 1.29 is 13.2 Å². The van der Waals surface area contributed by atoms with Crippen molar-refractivity contribution in [3.05, 3.63) is 29.3 Å². The summed E-state index contributed by atoms with van der Waals surface area (Å²) in [6.07, 6.45) is 11.9. The summed E-state index contributed by atoms with van der Waals surface area (Å²) in [5.74, 6) is 0.102. The minimum atomic E-state index is -3.57. The van der Waals surface area contributed by atoms with Crippen molar-refractivity contribution in [2.45, 2.75) is 88.0 Å². The van der Waals surface area contributed by atoms with E-state index in [1.54, 1.807) is 12.1 Å². The molecule has 0 saturated carbocycles. The molecule has 0 aliphatic carbocycles. The SMILES string of the molecule is O=C1CCCCCCCCCCC(NS(=O)(=O)c2ccc(Cl)cc2)CCCN1. The van der Waals surface area contributed by atoms with Crippen molar-refractivity contribution >= 4 is 27.5 Å². The molecule has 2 N–H and O–H groups in total. The second-order valence-corrected chi connectivity index (χ2v) is 9.78. The van der Waals surface area contributed by atoms with E-state index < -0.39 is 10.0 Å². The van der Waals surface area contributed by atoms with Gasteiger partial charge >= 0.3 is 0 Å². The molecule has 1 aromatic rings. The third kappa shape index (κ3) is 8.93. The van der Waals surface area contributed by atoms with E-state index in [1.165, 1.54) is 37.8 Å². The maximum Gasteiger partial charge on any atom is 0.240 e. The van der Waals surface area contributed by atoms with Crippen LogP contribution in [0, 0.1) is 0 Å². The molecule has 1 unspecified atom stereocenters. The smallest absolute Gasteiger partial charge is 0.240 e. The second-order valence-electron chi connectivity index (χ2n) is 7.63. The fraction of sp³-hybridized carbons (Fsp3) is 0.667. The monoisotopic (exact) mass is 428 g/mol. The molecule has 1 aliphatic rings. The van der Waals surface area contributed by atoms with Gasteiger partial charge in [0.1, 0.15) is 0 Å². The quantitative estimate of drug-likeness (QED) is 0.726. The van der Waals surface area contributed by atoms with Crippen molar-refractivity contribution in [3.8, 4) is 0 Å². The van der Waals surface area contributed by atoms with Crippen molar-refractivity contribution in [2.75, 3.05) is 6.54 Å². The van der Waals surface area contributed by atoms with Crippen LogP contribution in [0.15, 0.2) is 29.2 Å². The highest BCUT2D eigenvalue weighted by atomic mass is 35.5. The Morgan fingerprint density at radius 2 is 1.43 bits per heavy atom. The summed E-state index contributed by atoms with van der Waals surface area (Å²) in [4.78, 5) is 12.1. The van der Waals surface area contributed by atoms with Gasteiger partial charge in [-0.05, 0) is 49.9 Å². The molecular weight excluding hydrogens is 396 g/mol. The van der Waals surface area contributed by atoms with Crippen molar-refractivity contribution in [3.63, 3.8) is 0 Å². The van der Waals surface area contributed by atoms with Gasteiger partial charge in [0, 0.05) is 24.0 Å². The molecule has 0 bridgehead atoms. The summed E-state index contributed by atoms with van der Waals surface area (Å²) in [7, 11) is -3.57. The summed E-state index contributed by atoms with van der Waals surface area (Å²) in [5.41, 5.74) is 0. The molecule has 1 aromatic carbocycles. The fourth-order valence-corrected chi connectivity index (χ4v) is 5.00. The van der Waals surface area contributed by atoms with Gasteiger partial charge in [-0.25, -0.2) is 13.1 Å². The lowest BCUT2D eigenvalue weighted by molar-refractivity contribution is -0.121. The van der Waals surface area contributed by atoms with Crippen LogP contribution in [-0.4, -0.2) is 26.9 Å². The fourth-order valence-electron chi connectivity index (χ4n) is 3.57. The van der Waals surface area contributed by atoms with Crippen LogP contribution in [0.1, 0.15) is 77.0 Å². The number of rotatable bonds is 3. The van der Waals surface area contributed by atoms with Gasteiger partial charge in [-0.2, -0.15) is 0 Å². The zero-order valence-electron chi connectivity index (χ0n) is 16.6. The molecular formula is C21H33ClN2O3S. The van der Waals surface area contributed by atoms with E-state index in [4.69, 9.17) is 11.6 Å². The lowest BCUT2D eigenvalue weighted by atomic mass is 10.0. The highest BCUT2D eigenvalue weighted by Gasteiger charge is 2.20. The van der Waals surface area contributed by atoms with Gasteiger partial charge in [-0.15, -0.1) is 0 Å². The molecule has 0 radical (unpaired) electrons. The summed E-state index contributed by atoms with van der Waals surface area (Å²) in [6.45, 7) is 0.595. The first-order chi connectivity index (χ1) is 13.5. The third-order valence-electron chi connectivity index (χ3n) is 5.20. The molecule has 1 saturated heterocycles. The predicted molar refractivity (Wildman–Crippen MR) is 114 cm³/mol. The molecule has 1 amide bonds. The number of hydrogen-bond donors (Lipinski definition) is 2. The second kappa shape index (κ2) is 12.5. The number of amides is 1. The van der Waals surface area contributed by atoms with Gasteiger partial charge in [0.2, 0.25) is 15.9 Å². The van der Waals surface area contributed by atoms with Crippen LogP contribution < -0.4 is 10.0 Å². The van der Waals surface area contributed by atoms with Crippen LogP contribution in [0.4, 0.5) is 0 Å². The van der Waals surface area contributed by atoms with E-state index in [0.29, 0.717) is 24.4 Å². The van der Waals surface area contributed by atoms with Crippen molar-refractivity contribution in [2.24, 2.45) is 0 Å².